The van der Waals surface area contributed by atoms with E-state index >= 15 is 0 Å². The standard InChI is InChI=1S/C15H14O6/c1-15-13(21-15)12(20-14(15)17)8-5-7-3-4-11(16)19-9(7)6-10(8)18-2/h3-6,12-14,17H,1-2H3/t12-,13?,14?,15-/m1/s1. The van der Waals surface area contributed by atoms with Gasteiger partial charge in [-0.05, 0) is 19.1 Å². The lowest BCUT2D eigenvalue weighted by atomic mass is 9.99. The van der Waals surface area contributed by atoms with Crippen LogP contribution >= 0.6 is 0 Å². The van der Waals surface area contributed by atoms with E-state index in [-0.39, 0.29) is 6.10 Å². The summed E-state index contributed by atoms with van der Waals surface area (Å²) in [6, 6.07) is 6.53. The minimum absolute atomic E-state index is 0.199. The van der Waals surface area contributed by atoms with Crippen molar-refractivity contribution in [3.63, 3.8) is 0 Å². The second-order valence-corrected chi connectivity index (χ2v) is 5.52. The quantitative estimate of drug-likeness (QED) is 0.664. The normalized spacial score (nSPS) is 34.0. The highest BCUT2D eigenvalue weighted by Crippen LogP contribution is 2.56. The van der Waals surface area contributed by atoms with Crippen molar-refractivity contribution < 1.29 is 23.7 Å². The first kappa shape index (κ1) is 12.8. The molecule has 4 rings (SSSR count). The molecule has 110 valence electrons. The summed E-state index contributed by atoms with van der Waals surface area (Å²) in [5, 5.41) is 10.7. The van der Waals surface area contributed by atoms with E-state index in [9.17, 15) is 9.90 Å². The number of aliphatic hydroxyl groups is 1. The summed E-state index contributed by atoms with van der Waals surface area (Å²) < 4.78 is 21.6. The topological polar surface area (TPSA) is 81.4 Å². The van der Waals surface area contributed by atoms with Crippen LogP contribution < -0.4 is 10.4 Å². The zero-order valence-electron chi connectivity index (χ0n) is 11.5. The van der Waals surface area contributed by atoms with Gasteiger partial charge < -0.3 is 23.7 Å². The van der Waals surface area contributed by atoms with E-state index in [1.54, 1.807) is 12.1 Å². The third kappa shape index (κ3) is 1.73. The molecule has 2 aromatic rings. The molecule has 0 aliphatic carbocycles. The first-order valence-electron chi connectivity index (χ1n) is 6.66. The van der Waals surface area contributed by atoms with E-state index in [1.807, 2.05) is 13.0 Å². The number of benzene rings is 1. The Morgan fingerprint density at radius 2 is 2.14 bits per heavy atom. The number of hydrogen-bond acceptors (Lipinski definition) is 6. The first-order valence-corrected chi connectivity index (χ1v) is 6.66. The first-order chi connectivity index (χ1) is 10.0. The molecule has 2 unspecified atom stereocenters. The van der Waals surface area contributed by atoms with Gasteiger partial charge in [0.1, 0.15) is 29.1 Å². The highest BCUT2D eigenvalue weighted by atomic mass is 16.7. The van der Waals surface area contributed by atoms with E-state index < -0.39 is 23.6 Å². The van der Waals surface area contributed by atoms with Crippen LogP contribution in [-0.4, -0.2) is 30.2 Å². The van der Waals surface area contributed by atoms with E-state index in [4.69, 9.17) is 18.6 Å². The van der Waals surface area contributed by atoms with Crippen LogP contribution in [0.5, 0.6) is 5.75 Å². The predicted octanol–water partition coefficient (Wildman–Crippen LogP) is 1.35. The van der Waals surface area contributed by atoms with Gasteiger partial charge in [-0.2, -0.15) is 0 Å². The van der Waals surface area contributed by atoms with Crippen molar-refractivity contribution in [3.05, 3.63) is 40.2 Å². The minimum Gasteiger partial charge on any atom is -0.496 e. The van der Waals surface area contributed by atoms with Crippen molar-refractivity contribution in [2.75, 3.05) is 7.11 Å². The van der Waals surface area contributed by atoms with Gasteiger partial charge in [-0.25, -0.2) is 4.79 Å². The van der Waals surface area contributed by atoms with Crippen LogP contribution in [0.15, 0.2) is 33.5 Å². The molecular weight excluding hydrogens is 276 g/mol. The lowest BCUT2D eigenvalue weighted by molar-refractivity contribution is -0.160. The average Bonchev–Trinajstić information content (AvgIpc) is 3.09. The number of hydrogen-bond donors (Lipinski definition) is 1. The summed E-state index contributed by atoms with van der Waals surface area (Å²) in [5.74, 6) is 0.536. The number of rotatable bonds is 2. The molecule has 2 aliphatic heterocycles. The predicted molar refractivity (Wildman–Crippen MR) is 72.1 cm³/mol. The third-order valence-corrected chi connectivity index (χ3v) is 4.21. The maximum atomic E-state index is 11.3. The van der Waals surface area contributed by atoms with Crippen LogP contribution in [-0.2, 0) is 9.47 Å². The van der Waals surface area contributed by atoms with E-state index in [0.29, 0.717) is 11.3 Å². The molecule has 0 saturated carbocycles. The summed E-state index contributed by atoms with van der Waals surface area (Å²) in [6.07, 6.45) is -1.56. The van der Waals surface area contributed by atoms with Crippen LogP contribution in [0, 0.1) is 0 Å². The van der Waals surface area contributed by atoms with Crippen molar-refractivity contribution in [2.24, 2.45) is 0 Å². The van der Waals surface area contributed by atoms with Crippen molar-refractivity contribution >= 4 is 11.0 Å². The highest BCUT2D eigenvalue weighted by Gasteiger charge is 2.68. The summed E-state index contributed by atoms with van der Waals surface area (Å²) in [6.45, 7) is 1.81. The molecule has 0 amide bonds. The van der Waals surface area contributed by atoms with Gasteiger partial charge in [0.25, 0.3) is 0 Å². The molecule has 1 N–H and O–H groups in total. The molecule has 0 radical (unpaired) electrons. The van der Waals surface area contributed by atoms with Gasteiger partial charge in [-0.15, -0.1) is 0 Å². The zero-order chi connectivity index (χ0) is 14.8. The fourth-order valence-corrected chi connectivity index (χ4v) is 2.90. The number of ether oxygens (including phenoxy) is 3. The average molecular weight is 290 g/mol. The van der Waals surface area contributed by atoms with Gasteiger partial charge in [0.05, 0.1) is 7.11 Å². The molecule has 3 heterocycles. The Kier molecular flexibility index (Phi) is 2.48. The van der Waals surface area contributed by atoms with Crippen molar-refractivity contribution in [1.82, 2.24) is 0 Å². The molecule has 0 spiro atoms. The van der Waals surface area contributed by atoms with Crippen LogP contribution in [0.3, 0.4) is 0 Å². The van der Waals surface area contributed by atoms with E-state index in [1.165, 1.54) is 13.2 Å². The molecule has 2 fully saturated rings. The smallest absolute Gasteiger partial charge is 0.336 e. The Bertz CT molecular complexity index is 781. The van der Waals surface area contributed by atoms with Crippen molar-refractivity contribution in [3.8, 4) is 5.75 Å². The highest BCUT2D eigenvalue weighted by molar-refractivity contribution is 5.79. The summed E-state index contributed by atoms with van der Waals surface area (Å²) in [5.41, 5.74) is 0.154. The molecule has 4 atom stereocenters. The minimum atomic E-state index is -0.957. The van der Waals surface area contributed by atoms with Gasteiger partial charge in [-0.3, -0.25) is 0 Å². The van der Waals surface area contributed by atoms with Gasteiger partial charge in [0.15, 0.2) is 6.29 Å². The molecule has 0 bridgehead atoms. The maximum Gasteiger partial charge on any atom is 0.336 e. The lowest BCUT2D eigenvalue weighted by Crippen LogP contribution is -2.24. The maximum absolute atomic E-state index is 11.3. The monoisotopic (exact) mass is 290 g/mol. The SMILES string of the molecule is COc1cc2oc(=O)ccc2cc1[C@H]1OC(O)[C@]2(C)OC12. The fraction of sp³-hybridized carbons (Fsp3) is 0.400. The molecule has 2 saturated heterocycles. The number of fused-ring (bicyclic) bond motifs is 2. The molecule has 1 aromatic carbocycles. The zero-order valence-corrected chi connectivity index (χ0v) is 11.5. The third-order valence-electron chi connectivity index (χ3n) is 4.21. The lowest BCUT2D eigenvalue weighted by Gasteiger charge is -2.18. The number of methoxy groups -OCH3 is 1. The van der Waals surface area contributed by atoms with Crippen LogP contribution in [0.25, 0.3) is 11.0 Å². The Balaban J connectivity index is 1.85. The Hall–Kier alpha value is -1.89. The molecule has 2 aliphatic rings. The fourth-order valence-electron chi connectivity index (χ4n) is 2.90. The second kappa shape index (κ2) is 4.07. The molecule has 1 aromatic heterocycles. The largest absolute Gasteiger partial charge is 0.496 e. The summed E-state index contributed by atoms with van der Waals surface area (Å²) >= 11 is 0. The van der Waals surface area contributed by atoms with Gasteiger partial charge in [-0.1, -0.05) is 0 Å². The van der Waals surface area contributed by atoms with Gasteiger partial charge >= 0.3 is 5.63 Å². The number of aliphatic hydroxyl groups excluding tert-OH is 1. The van der Waals surface area contributed by atoms with E-state index in [0.717, 1.165) is 10.9 Å². The number of epoxide rings is 1. The summed E-state index contributed by atoms with van der Waals surface area (Å²) in [7, 11) is 1.53. The molecule has 6 heteroatoms. The van der Waals surface area contributed by atoms with Gasteiger partial charge in [0.2, 0.25) is 0 Å². The Morgan fingerprint density at radius 3 is 2.76 bits per heavy atom. The van der Waals surface area contributed by atoms with E-state index in [2.05, 4.69) is 0 Å². The molecule has 6 nitrogen and oxygen atoms in total. The van der Waals surface area contributed by atoms with Gasteiger partial charge in [0, 0.05) is 23.1 Å². The van der Waals surface area contributed by atoms with Crippen LogP contribution in [0.2, 0.25) is 0 Å². The van der Waals surface area contributed by atoms with Crippen LogP contribution in [0.4, 0.5) is 0 Å². The summed E-state index contributed by atoms with van der Waals surface area (Å²) in [4.78, 5) is 11.3. The Morgan fingerprint density at radius 1 is 1.33 bits per heavy atom. The van der Waals surface area contributed by atoms with Crippen molar-refractivity contribution in [2.45, 2.75) is 31.0 Å². The van der Waals surface area contributed by atoms with Crippen molar-refractivity contribution in [1.29, 1.82) is 0 Å². The van der Waals surface area contributed by atoms with Crippen LogP contribution in [0.1, 0.15) is 18.6 Å². The molecular formula is C15H14O6. The Labute approximate surface area is 119 Å². The molecule has 21 heavy (non-hydrogen) atoms. The second-order valence-electron chi connectivity index (χ2n) is 5.52.